The Balaban J connectivity index is 2.16. The molecule has 0 atom stereocenters. The number of nitrogens with zero attached hydrogens (tertiary/aromatic N) is 4. The van der Waals surface area contributed by atoms with Crippen LogP contribution >= 0.6 is 0 Å². The highest BCUT2D eigenvalue weighted by Gasteiger charge is 2.20. The number of oxime groups is 1. The summed E-state index contributed by atoms with van der Waals surface area (Å²) < 4.78 is 0. The molecule has 0 aliphatic rings. The Kier molecular flexibility index (Phi) is 5.05. The van der Waals surface area contributed by atoms with Crippen LogP contribution in [0.1, 0.15) is 5.56 Å². The second-order valence-corrected chi connectivity index (χ2v) is 4.98. The Bertz CT molecular complexity index is 787. The van der Waals surface area contributed by atoms with Crippen LogP contribution in [0.5, 0.6) is 5.75 Å². The molecule has 0 saturated carbocycles. The highest BCUT2D eigenvalue weighted by molar-refractivity contribution is 5.80. The molecule has 0 bridgehead atoms. The van der Waals surface area contributed by atoms with Crippen LogP contribution in [0.4, 0.5) is 17.1 Å². The Labute approximate surface area is 137 Å². The maximum atomic E-state index is 11.0. The maximum absolute atomic E-state index is 11.0. The van der Waals surface area contributed by atoms with Crippen molar-refractivity contribution in [2.45, 2.75) is 0 Å². The van der Waals surface area contributed by atoms with Gasteiger partial charge in [0.05, 0.1) is 22.1 Å². The SMILES string of the molecule is CN(C)c1ccc(C=NOc2ccc([N+](=O)[O-])cc2[N+](=O)[O-])cc1. The van der Waals surface area contributed by atoms with Crippen molar-refractivity contribution in [3.8, 4) is 5.75 Å². The van der Waals surface area contributed by atoms with Gasteiger partial charge in [0.1, 0.15) is 0 Å². The zero-order chi connectivity index (χ0) is 17.7. The number of non-ortho nitro benzene ring substituents is 1. The van der Waals surface area contributed by atoms with Gasteiger partial charge in [-0.2, -0.15) is 0 Å². The molecule has 0 unspecified atom stereocenters. The topological polar surface area (TPSA) is 111 Å². The van der Waals surface area contributed by atoms with Crippen molar-refractivity contribution in [2.75, 3.05) is 19.0 Å². The van der Waals surface area contributed by atoms with E-state index in [1.165, 1.54) is 6.21 Å². The van der Waals surface area contributed by atoms with Crippen molar-refractivity contribution in [1.29, 1.82) is 0 Å². The summed E-state index contributed by atoms with van der Waals surface area (Å²) in [6.45, 7) is 0. The van der Waals surface area contributed by atoms with Gasteiger partial charge in [-0.05, 0) is 23.8 Å². The molecule has 24 heavy (non-hydrogen) atoms. The van der Waals surface area contributed by atoms with Crippen molar-refractivity contribution < 1.29 is 14.7 Å². The fourth-order valence-electron chi connectivity index (χ4n) is 1.84. The first kappa shape index (κ1) is 16.9. The van der Waals surface area contributed by atoms with Crippen LogP contribution < -0.4 is 9.74 Å². The van der Waals surface area contributed by atoms with Gasteiger partial charge in [-0.1, -0.05) is 17.3 Å². The molecule has 0 fully saturated rings. The van der Waals surface area contributed by atoms with E-state index in [0.29, 0.717) is 0 Å². The fourth-order valence-corrected chi connectivity index (χ4v) is 1.84. The summed E-state index contributed by atoms with van der Waals surface area (Å²) >= 11 is 0. The van der Waals surface area contributed by atoms with E-state index in [1.54, 1.807) is 0 Å². The molecule has 0 spiro atoms. The predicted molar refractivity (Wildman–Crippen MR) is 88.7 cm³/mol. The van der Waals surface area contributed by atoms with E-state index in [-0.39, 0.29) is 5.75 Å². The lowest BCUT2D eigenvalue weighted by molar-refractivity contribution is -0.394. The molecule has 9 heteroatoms. The van der Waals surface area contributed by atoms with Gasteiger partial charge in [0.15, 0.2) is 0 Å². The lowest BCUT2D eigenvalue weighted by Gasteiger charge is -2.11. The molecule has 0 saturated heterocycles. The van der Waals surface area contributed by atoms with Gasteiger partial charge in [0.2, 0.25) is 5.75 Å². The molecule has 0 N–H and O–H groups in total. The highest BCUT2D eigenvalue weighted by Crippen LogP contribution is 2.31. The summed E-state index contributed by atoms with van der Waals surface area (Å²) in [5.41, 5.74) is 0.839. The molecule has 0 aliphatic carbocycles. The van der Waals surface area contributed by atoms with Crippen LogP contribution in [-0.2, 0) is 0 Å². The quantitative estimate of drug-likeness (QED) is 0.457. The summed E-state index contributed by atoms with van der Waals surface area (Å²) in [7, 11) is 3.83. The molecule has 0 radical (unpaired) electrons. The van der Waals surface area contributed by atoms with Crippen molar-refractivity contribution in [2.24, 2.45) is 5.16 Å². The summed E-state index contributed by atoms with van der Waals surface area (Å²) in [6, 6.07) is 10.5. The van der Waals surface area contributed by atoms with Gasteiger partial charge in [-0.15, -0.1) is 0 Å². The van der Waals surface area contributed by atoms with E-state index in [9.17, 15) is 20.2 Å². The molecule has 124 valence electrons. The number of hydrogen-bond acceptors (Lipinski definition) is 7. The molecular formula is C15H14N4O5. The minimum atomic E-state index is -0.760. The molecule has 9 nitrogen and oxygen atoms in total. The fraction of sp³-hybridized carbons (Fsp3) is 0.133. The third kappa shape index (κ3) is 4.03. The van der Waals surface area contributed by atoms with E-state index in [0.717, 1.165) is 29.4 Å². The molecule has 2 aromatic rings. The lowest BCUT2D eigenvalue weighted by Crippen LogP contribution is -2.08. The van der Waals surface area contributed by atoms with Crippen molar-refractivity contribution >= 4 is 23.3 Å². The average Bonchev–Trinajstić information content (AvgIpc) is 2.55. The monoisotopic (exact) mass is 330 g/mol. The van der Waals surface area contributed by atoms with Crippen molar-refractivity contribution in [3.05, 3.63) is 68.3 Å². The summed E-state index contributed by atoms with van der Waals surface area (Å²) in [5, 5.41) is 25.3. The van der Waals surface area contributed by atoms with Crippen molar-refractivity contribution in [3.63, 3.8) is 0 Å². The predicted octanol–water partition coefficient (Wildman–Crippen LogP) is 2.98. The second kappa shape index (κ2) is 7.18. The van der Waals surface area contributed by atoms with Gasteiger partial charge < -0.3 is 9.74 Å². The third-order valence-corrected chi connectivity index (χ3v) is 3.11. The first-order valence-electron chi connectivity index (χ1n) is 6.79. The number of hydrogen-bond donors (Lipinski definition) is 0. The van der Waals surface area contributed by atoms with Crippen LogP contribution in [-0.4, -0.2) is 30.2 Å². The molecule has 2 rings (SSSR count). The van der Waals surface area contributed by atoms with Crippen LogP contribution in [0.25, 0.3) is 0 Å². The molecular weight excluding hydrogens is 316 g/mol. The largest absolute Gasteiger partial charge is 0.378 e. The summed E-state index contributed by atoms with van der Waals surface area (Å²) in [4.78, 5) is 27.1. The van der Waals surface area contributed by atoms with Crippen LogP contribution in [0.15, 0.2) is 47.6 Å². The van der Waals surface area contributed by atoms with Gasteiger partial charge in [-0.25, -0.2) is 0 Å². The van der Waals surface area contributed by atoms with Gasteiger partial charge in [0.25, 0.3) is 5.69 Å². The van der Waals surface area contributed by atoms with Gasteiger partial charge in [0, 0.05) is 25.8 Å². The number of benzene rings is 2. The zero-order valence-electron chi connectivity index (χ0n) is 12.9. The molecule has 2 aromatic carbocycles. The van der Waals surface area contributed by atoms with Gasteiger partial charge >= 0.3 is 5.69 Å². The standard InChI is InChI=1S/C15H14N4O5/c1-17(2)12-5-3-11(4-6-12)10-16-24-15-8-7-13(18(20)21)9-14(15)19(22)23/h3-10H,1-2H3. The van der Waals surface area contributed by atoms with E-state index in [1.807, 2.05) is 43.3 Å². The van der Waals surface area contributed by atoms with E-state index >= 15 is 0 Å². The highest BCUT2D eigenvalue weighted by atomic mass is 16.7. The smallest absolute Gasteiger partial charge is 0.321 e. The minimum absolute atomic E-state index is 0.174. The Hall–Kier alpha value is -3.49. The van der Waals surface area contributed by atoms with E-state index in [2.05, 4.69) is 5.16 Å². The molecule has 0 heterocycles. The average molecular weight is 330 g/mol. The van der Waals surface area contributed by atoms with Crippen LogP contribution in [0, 0.1) is 20.2 Å². The Morgan fingerprint density at radius 3 is 2.25 bits per heavy atom. The first-order valence-corrected chi connectivity index (χ1v) is 6.79. The van der Waals surface area contributed by atoms with Crippen molar-refractivity contribution in [1.82, 2.24) is 0 Å². The summed E-state index contributed by atoms with van der Waals surface area (Å²) in [5.74, 6) is -0.174. The van der Waals surface area contributed by atoms with Crippen LogP contribution in [0.3, 0.4) is 0 Å². The second-order valence-electron chi connectivity index (χ2n) is 4.98. The molecule has 0 aromatic heterocycles. The van der Waals surface area contributed by atoms with E-state index in [4.69, 9.17) is 4.84 Å². The first-order chi connectivity index (χ1) is 11.4. The maximum Gasteiger partial charge on any atom is 0.321 e. The lowest BCUT2D eigenvalue weighted by atomic mass is 10.2. The normalized spacial score (nSPS) is 10.6. The molecule has 0 aliphatic heterocycles. The number of rotatable bonds is 6. The Morgan fingerprint density at radius 1 is 1.04 bits per heavy atom. The molecule has 0 amide bonds. The minimum Gasteiger partial charge on any atom is -0.378 e. The Morgan fingerprint density at radius 2 is 1.71 bits per heavy atom. The van der Waals surface area contributed by atoms with Crippen LogP contribution in [0.2, 0.25) is 0 Å². The number of nitro groups is 2. The van der Waals surface area contributed by atoms with E-state index < -0.39 is 21.2 Å². The summed E-state index contributed by atoms with van der Waals surface area (Å²) in [6.07, 6.45) is 1.39. The third-order valence-electron chi connectivity index (χ3n) is 3.11. The number of anilines is 1. The zero-order valence-corrected chi connectivity index (χ0v) is 12.9. The van der Waals surface area contributed by atoms with Gasteiger partial charge in [-0.3, -0.25) is 20.2 Å². The number of nitro benzene ring substituents is 2.